The maximum Gasteiger partial charge on any atom is 0.424 e. The molecule has 0 bridgehead atoms. The second-order valence-electron chi connectivity index (χ2n) is 5.70. The van der Waals surface area contributed by atoms with Crippen LogP contribution in [-0.4, -0.2) is 42.3 Å². The smallest absolute Gasteiger partial charge is 0.315 e. The van der Waals surface area contributed by atoms with Crippen molar-refractivity contribution in [3.05, 3.63) is 30.3 Å². The van der Waals surface area contributed by atoms with Gasteiger partial charge in [0.05, 0.1) is 0 Å². The maximum atomic E-state index is 12.9. The molecule has 2 fully saturated rings. The molecule has 2 heterocycles. The molecule has 0 amide bonds. The lowest BCUT2D eigenvalue weighted by molar-refractivity contribution is -0.299. The van der Waals surface area contributed by atoms with Crippen molar-refractivity contribution >= 4 is 14.1 Å². The van der Waals surface area contributed by atoms with Crippen LogP contribution in [0.15, 0.2) is 30.3 Å². The number of hydrogen-bond donors (Lipinski definition) is 0. The molecule has 134 valence electrons. The van der Waals surface area contributed by atoms with E-state index in [1.54, 1.807) is 35.0 Å². The number of benzene rings is 1. The van der Waals surface area contributed by atoms with Gasteiger partial charge in [-0.05, 0) is 25.0 Å². The first-order valence-electron chi connectivity index (χ1n) is 7.37. The van der Waals surface area contributed by atoms with Crippen LogP contribution < -0.4 is 4.67 Å². The van der Waals surface area contributed by atoms with Crippen molar-refractivity contribution in [3.63, 3.8) is 0 Å². The van der Waals surface area contributed by atoms with Crippen LogP contribution in [0.2, 0.25) is 0 Å². The van der Waals surface area contributed by atoms with Crippen molar-refractivity contribution in [1.82, 2.24) is 4.67 Å². The third kappa shape index (κ3) is 3.48. The molecule has 2 atom stereocenters. The molecule has 10 heteroatoms. The van der Waals surface area contributed by atoms with Crippen molar-refractivity contribution in [2.75, 3.05) is 17.8 Å². The molecule has 0 aliphatic carbocycles. The first-order chi connectivity index (χ1) is 11.2. The van der Waals surface area contributed by atoms with E-state index in [1.807, 2.05) is 0 Å². The molecule has 0 aromatic heterocycles. The standard InChI is InChI=1S/C14H15F6N2OP/c15-13(16,17)12(14(18,19)20)23-24-21-8-4-7-11(21)9-22(24)10-5-2-1-3-6-10/h1-3,5-6,11-12H,4,7-9H2/t11-,24?/m0/s1. The molecule has 24 heavy (non-hydrogen) atoms. The Morgan fingerprint density at radius 3 is 2.25 bits per heavy atom. The number of rotatable bonds is 3. The van der Waals surface area contributed by atoms with Crippen molar-refractivity contribution in [2.45, 2.75) is 37.3 Å². The largest absolute Gasteiger partial charge is 0.424 e. The Hall–Kier alpha value is -1.05. The molecule has 0 spiro atoms. The number of hydrogen-bond acceptors (Lipinski definition) is 3. The average Bonchev–Trinajstić information content (AvgIpc) is 3.04. The Kier molecular flexibility index (Phi) is 4.70. The summed E-state index contributed by atoms with van der Waals surface area (Å²) in [7, 11) is -2.17. The minimum absolute atomic E-state index is 0.0709. The van der Waals surface area contributed by atoms with Gasteiger partial charge in [-0.3, -0.25) is 0 Å². The first kappa shape index (κ1) is 17.8. The molecule has 2 aliphatic rings. The highest BCUT2D eigenvalue weighted by Gasteiger charge is 2.61. The number of halogens is 6. The lowest BCUT2D eigenvalue weighted by Gasteiger charge is -2.33. The third-order valence-corrected chi connectivity index (χ3v) is 6.18. The molecular formula is C14H15F6N2OP. The van der Waals surface area contributed by atoms with E-state index in [9.17, 15) is 26.3 Å². The zero-order valence-electron chi connectivity index (χ0n) is 12.4. The third-order valence-electron chi connectivity index (χ3n) is 4.00. The van der Waals surface area contributed by atoms with Crippen molar-refractivity contribution in [1.29, 1.82) is 0 Å². The summed E-state index contributed by atoms with van der Waals surface area (Å²) in [5.74, 6) is 0. The van der Waals surface area contributed by atoms with E-state index in [-0.39, 0.29) is 6.04 Å². The summed E-state index contributed by atoms with van der Waals surface area (Å²) < 4.78 is 85.1. The molecular weight excluding hydrogens is 357 g/mol. The monoisotopic (exact) mass is 372 g/mol. The zero-order valence-corrected chi connectivity index (χ0v) is 13.3. The SMILES string of the molecule is FC(F)(F)C(OP1N(c2ccccc2)C[C@@H]2CCCN21)C(F)(F)F. The highest BCUT2D eigenvalue weighted by atomic mass is 31.2. The van der Waals surface area contributed by atoms with Gasteiger partial charge in [0.25, 0.3) is 6.10 Å². The summed E-state index contributed by atoms with van der Waals surface area (Å²) in [5.41, 5.74) is 0.570. The topological polar surface area (TPSA) is 15.7 Å². The maximum absolute atomic E-state index is 12.9. The van der Waals surface area contributed by atoms with Gasteiger partial charge in [0.1, 0.15) is 0 Å². The molecule has 0 radical (unpaired) electrons. The minimum Gasteiger partial charge on any atom is -0.315 e. The normalized spacial score (nSPS) is 25.5. The molecule has 1 aromatic rings. The molecule has 0 saturated carbocycles. The van der Waals surface area contributed by atoms with Crippen LogP contribution in [0.4, 0.5) is 32.0 Å². The molecule has 0 N–H and O–H groups in total. The number of nitrogens with zero attached hydrogens (tertiary/aromatic N) is 2. The van der Waals surface area contributed by atoms with Gasteiger partial charge in [0.15, 0.2) is 0 Å². The molecule has 3 rings (SSSR count). The quantitative estimate of drug-likeness (QED) is 0.565. The van der Waals surface area contributed by atoms with Crippen molar-refractivity contribution in [2.24, 2.45) is 0 Å². The van der Waals surface area contributed by atoms with Gasteiger partial charge in [-0.15, -0.1) is 0 Å². The predicted molar refractivity (Wildman–Crippen MR) is 77.4 cm³/mol. The molecule has 2 saturated heterocycles. The second kappa shape index (κ2) is 6.35. The van der Waals surface area contributed by atoms with E-state index in [2.05, 4.69) is 4.52 Å². The van der Waals surface area contributed by atoms with Gasteiger partial charge in [0, 0.05) is 24.8 Å². The second-order valence-corrected chi connectivity index (χ2v) is 7.41. The molecule has 3 nitrogen and oxygen atoms in total. The Bertz CT molecular complexity index is 553. The minimum atomic E-state index is -5.50. The van der Waals surface area contributed by atoms with E-state index in [0.717, 1.165) is 12.8 Å². The van der Waals surface area contributed by atoms with Crippen molar-refractivity contribution in [3.8, 4) is 0 Å². The van der Waals surface area contributed by atoms with Crippen LogP contribution in [0, 0.1) is 0 Å². The van der Waals surface area contributed by atoms with Crippen LogP contribution >= 0.6 is 8.45 Å². The average molecular weight is 372 g/mol. The number of alkyl halides is 6. The van der Waals surface area contributed by atoms with Gasteiger partial charge in [-0.2, -0.15) is 26.3 Å². The van der Waals surface area contributed by atoms with Gasteiger partial charge >= 0.3 is 12.4 Å². The Labute approximate surface area is 136 Å². The van der Waals surface area contributed by atoms with Crippen LogP contribution in [0.1, 0.15) is 12.8 Å². The number of para-hydroxylation sites is 1. The van der Waals surface area contributed by atoms with Crippen LogP contribution in [-0.2, 0) is 4.52 Å². The van der Waals surface area contributed by atoms with Crippen LogP contribution in [0.25, 0.3) is 0 Å². The van der Waals surface area contributed by atoms with E-state index in [1.165, 1.54) is 4.67 Å². The summed E-state index contributed by atoms with van der Waals surface area (Å²) in [4.78, 5) is 0. The van der Waals surface area contributed by atoms with Gasteiger partial charge in [0.2, 0.25) is 8.45 Å². The lowest BCUT2D eigenvalue weighted by Crippen LogP contribution is -2.44. The first-order valence-corrected chi connectivity index (χ1v) is 8.54. The lowest BCUT2D eigenvalue weighted by atomic mass is 10.2. The Balaban J connectivity index is 1.89. The number of fused-ring (bicyclic) bond motifs is 1. The summed E-state index contributed by atoms with van der Waals surface area (Å²) in [5, 5.41) is 0. The van der Waals surface area contributed by atoms with E-state index >= 15 is 0 Å². The summed E-state index contributed by atoms with van der Waals surface area (Å²) >= 11 is 0. The summed E-state index contributed by atoms with van der Waals surface area (Å²) in [6.07, 6.45) is -13.3. The summed E-state index contributed by atoms with van der Waals surface area (Å²) in [6, 6.07) is 8.37. The zero-order chi connectivity index (χ0) is 17.5. The fourth-order valence-electron chi connectivity index (χ4n) is 2.96. The van der Waals surface area contributed by atoms with Gasteiger partial charge < -0.3 is 9.19 Å². The summed E-state index contributed by atoms with van der Waals surface area (Å²) in [6.45, 7) is 0.820. The van der Waals surface area contributed by atoms with Gasteiger partial charge in [-0.1, -0.05) is 18.2 Å². The van der Waals surface area contributed by atoms with Gasteiger partial charge in [-0.25, -0.2) is 4.67 Å². The van der Waals surface area contributed by atoms with Crippen LogP contribution in [0.3, 0.4) is 0 Å². The van der Waals surface area contributed by atoms with E-state index < -0.39 is 26.9 Å². The predicted octanol–water partition coefficient (Wildman–Crippen LogP) is 4.71. The highest BCUT2D eigenvalue weighted by Crippen LogP contribution is 2.59. The fraction of sp³-hybridized carbons (Fsp3) is 0.571. The van der Waals surface area contributed by atoms with E-state index in [0.29, 0.717) is 18.8 Å². The Morgan fingerprint density at radius 1 is 1.04 bits per heavy atom. The molecule has 2 aliphatic heterocycles. The molecule has 1 unspecified atom stereocenters. The van der Waals surface area contributed by atoms with Crippen molar-refractivity contribution < 1.29 is 30.9 Å². The number of anilines is 1. The van der Waals surface area contributed by atoms with E-state index in [4.69, 9.17) is 0 Å². The fourth-order valence-corrected chi connectivity index (χ4v) is 5.34. The molecule has 1 aromatic carbocycles. The Morgan fingerprint density at radius 2 is 1.67 bits per heavy atom. The van der Waals surface area contributed by atoms with Crippen LogP contribution in [0.5, 0.6) is 0 Å². The highest BCUT2D eigenvalue weighted by molar-refractivity contribution is 7.52.